The molecule has 2 atom stereocenters. The summed E-state index contributed by atoms with van der Waals surface area (Å²) in [6.45, 7) is -0.0468. The molecular formula is C10H17F3N2O3. The van der Waals surface area contributed by atoms with Crippen LogP contribution in [0.5, 0.6) is 0 Å². The van der Waals surface area contributed by atoms with Gasteiger partial charge in [-0.2, -0.15) is 13.2 Å². The Morgan fingerprint density at radius 2 is 2.28 bits per heavy atom. The number of methoxy groups -OCH3 is 1. The summed E-state index contributed by atoms with van der Waals surface area (Å²) in [5.41, 5.74) is 5.13. The zero-order valence-electron chi connectivity index (χ0n) is 10.1. The summed E-state index contributed by atoms with van der Waals surface area (Å²) < 4.78 is 47.3. The maximum Gasteiger partial charge on any atom is 0.394 e. The maximum absolute atomic E-state index is 12.6. The molecule has 0 aromatic carbocycles. The summed E-state index contributed by atoms with van der Waals surface area (Å²) in [5, 5.41) is 0. The molecule has 1 heterocycles. The van der Waals surface area contributed by atoms with Crippen molar-refractivity contribution in [3.05, 3.63) is 0 Å². The molecule has 1 aliphatic rings. The molecule has 8 heteroatoms. The Balaban J connectivity index is 2.54. The van der Waals surface area contributed by atoms with Gasteiger partial charge in [0.25, 0.3) is 0 Å². The van der Waals surface area contributed by atoms with Gasteiger partial charge in [0.05, 0.1) is 19.6 Å². The van der Waals surface area contributed by atoms with Crippen molar-refractivity contribution < 1.29 is 27.4 Å². The van der Waals surface area contributed by atoms with E-state index < -0.39 is 30.7 Å². The zero-order chi connectivity index (χ0) is 13.8. The van der Waals surface area contributed by atoms with E-state index in [2.05, 4.69) is 4.74 Å². The van der Waals surface area contributed by atoms with Crippen LogP contribution in [0.15, 0.2) is 0 Å². The maximum atomic E-state index is 12.6. The number of alkyl halides is 3. The van der Waals surface area contributed by atoms with Crippen LogP contribution in [0.1, 0.15) is 0 Å². The lowest BCUT2D eigenvalue weighted by molar-refractivity contribution is -0.182. The smallest absolute Gasteiger partial charge is 0.394 e. The topological polar surface area (TPSA) is 64.8 Å². The highest BCUT2D eigenvalue weighted by atomic mass is 19.4. The number of esters is 1. The van der Waals surface area contributed by atoms with E-state index in [-0.39, 0.29) is 19.7 Å². The van der Waals surface area contributed by atoms with E-state index in [1.165, 1.54) is 12.0 Å². The van der Waals surface area contributed by atoms with Crippen LogP contribution in [0.25, 0.3) is 0 Å². The minimum atomic E-state index is -4.33. The summed E-state index contributed by atoms with van der Waals surface area (Å²) in [6, 6.07) is 0. The van der Waals surface area contributed by atoms with Gasteiger partial charge in [0.2, 0.25) is 0 Å². The van der Waals surface area contributed by atoms with Gasteiger partial charge in [0.1, 0.15) is 0 Å². The molecular weight excluding hydrogens is 253 g/mol. The summed E-state index contributed by atoms with van der Waals surface area (Å²) in [4.78, 5) is 12.8. The van der Waals surface area contributed by atoms with Crippen LogP contribution in [0.3, 0.4) is 0 Å². The van der Waals surface area contributed by atoms with Crippen LogP contribution in [-0.4, -0.2) is 63.0 Å². The Morgan fingerprint density at radius 3 is 2.78 bits per heavy atom. The molecule has 0 saturated carbocycles. The molecule has 0 spiro atoms. The van der Waals surface area contributed by atoms with Gasteiger partial charge in [-0.3, -0.25) is 4.90 Å². The van der Waals surface area contributed by atoms with E-state index >= 15 is 0 Å². The van der Waals surface area contributed by atoms with Crippen molar-refractivity contribution >= 4 is 5.97 Å². The predicted octanol–water partition coefficient (Wildman–Crippen LogP) is -0.00260. The normalized spacial score (nSPS) is 23.7. The highest BCUT2D eigenvalue weighted by Gasteiger charge is 2.40. The molecule has 0 amide bonds. The number of nitrogens with two attached hydrogens (primary N) is 1. The number of morpholine rings is 1. The lowest BCUT2D eigenvalue weighted by Crippen LogP contribution is -2.50. The van der Waals surface area contributed by atoms with E-state index in [1.807, 2.05) is 0 Å². The summed E-state index contributed by atoms with van der Waals surface area (Å²) >= 11 is 0. The fraction of sp³-hybridized carbons (Fsp3) is 0.900. The van der Waals surface area contributed by atoms with Gasteiger partial charge in [0, 0.05) is 26.2 Å². The number of carbonyl (C=O) groups excluding carboxylic acids is 1. The first-order valence-electron chi connectivity index (χ1n) is 5.57. The van der Waals surface area contributed by atoms with E-state index in [0.717, 1.165) is 0 Å². The van der Waals surface area contributed by atoms with Gasteiger partial charge in [-0.15, -0.1) is 0 Å². The average Bonchev–Trinajstić information content (AvgIpc) is 2.33. The van der Waals surface area contributed by atoms with Crippen molar-refractivity contribution in [1.29, 1.82) is 0 Å². The number of ether oxygens (including phenoxy) is 2. The van der Waals surface area contributed by atoms with E-state index in [0.29, 0.717) is 6.54 Å². The molecule has 1 rings (SSSR count). The fourth-order valence-corrected chi connectivity index (χ4v) is 1.77. The number of hydrogen-bond acceptors (Lipinski definition) is 5. The Morgan fingerprint density at radius 1 is 1.61 bits per heavy atom. The number of rotatable bonds is 4. The summed E-state index contributed by atoms with van der Waals surface area (Å²) in [7, 11) is 1.21. The van der Waals surface area contributed by atoms with Crippen LogP contribution in [0.2, 0.25) is 0 Å². The Kier molecular flexibility index (Phi) is 5.36. The van der Waals surface area contributed by atoms with Gasteiger partial charge < -0.3 is 15.2 Å². The third kappa shape index (κ3) is 4.11. The van der Waals surface area contributed by atoms with Crippen molar-refractivity contribution in [2.75, 3.05) is 39.9 Å². The number of halogens is 3. The molecule has 0 radical (unpaired) electrons. The Hall–Kier alpha value is -0.860. The lowest BCUT2D eigenvalue weighted by atomic mass is 10.1. The molecule has 0 aromatic rings. The predicted molar refractivity (Wildman–Crippen MR) is 56.8 cm³/mol. The molecule has 0 bridgehead atoms. The van der Waals surface area contributed by atoms with E-state index in [9.17, 15) is 18.0 Å². The molecule has 1 fully saturated rings. The van der Waals surface area contributed by atoms with Gasteiger partial charge in [-0.25, -0.2) is 4.79 Å². The van der Waals surface area contributed by atoms with Crippen LogP contribution < -0.4 is 5.73 Å². The molecule has 2 N–H and O–H groups in total. The minimum Gasteiger partial charge on any atom is -0.467 e. The van der Waals surface area contributed by atoms with Crippen LogP contribution in [0, 0.1) is 5.92 Å². The standard InChI is InChI=1S/C10H17F3N2O3/c1-17-9(16)8-6-15(2-3-18-8)5-7(4-14)10(11,12)13/h7-8H,2-6,14H2,1H3. The number of hydrogen-bond donors (Lipinski definition) is 1. The first kappa shape index (κ1) is 15.2. The second-order valence-electron chi connectivity index (χ2n) is 4.12. The van der Waals surface area contributed by atoms with E-state index in [1.54, 1.807) is 0 Å². The van der Waals surface area contributed by atoms with Crippen molar-refractivity contribution in [3.63, 3.8) is 0 Å². The SMILES string of the molecule is COC(=O)C1CN(CC(CN)C(F)(F)F)CCO1. The highest BCUT2D eigenvalue weighted by molar-refractivity contribution is 5.74. The second kappa shape index (κ2) is 6.35. The Bertz CT molecular complexity index is 286. The van der Waals surface area contributed by atoms with Crippen molar-refractivity contribution in [2.24, 2.45) is 11.7 Å². The third-order valence-electron chi connectivity index (χ3n) is 2.84. The molecule has 0 aromatic heterocycles. The summed E-state index contributed by atoms with van der Waals surface area (Å²) in [6.07, 6.45) is -5.15. The molecule has 1 aliphatic heterocycles. The van der Waals surface area contributed by atoms with Crippen LogP contribution in [0.4, 0.5) is 13.2 Å². The van der Waals surface area contributed by atoms with E-state index in [4.69, 9.17) is 10.5 Å². The van der Waals surface area contributed by atoms with Gasteiger partial charge in [-0.05, 0) is 0 Å². The number of nitrogens with zero attached hydrogens (tertiary/aromatic N) is 1. The first-order valence-corrected chi connectivity index (χ1v) is 5.57. The Labute approximate surface area is 103 Å². The molecule has 2 unspecified atom stereocenters. The average molecular weight is 270 g/mol. The molecule has 1 saturated heterocycles. The quantitative estimate of drug-likeness (QED) is 0.728. The van der Waals surface area contributed by atoms with Gasteiger partial charge in [0.15, 0.2) is 6.10 Å². The molecule has 0 aliphatic carbocycles. The van der Waals surface area contributed by atoms with Crippen LogP contribution >= 0.6 is 0 Å². The molecule has 18 heavy (non-hydrogen) atoms. The highest BCUT2D eigenvalue weighted by Crippen LogP contribution is 2.26. The first-order chi connectivity index (χ1) is 8.38. The fourth-order valence-electron chi connectivity index (χ4n) is 1.77. The molecule has 5 nitrogen and oxygen atoms in total. The van der Waals surface area contributed by atoms with Crippen LogP contribution in [-0.2, 0) is 14.3 Å². The largest absolute Gasteiger partial charge is 0.467 e. The third-order valence-corrected chi connectivity index (χ3v) is 2.84. The monoisotopic (exact) mass is 270 g/mol. The van der Waals surface area contributed by atoms with Crippen molar-refractivity contribution in [1.82, 2.24) is 4.90 Å². The summed E-state index contributed by atoms with van der Waals surface area (Å²) in [5.74, 6) is -2.16. The second-order valence-corrected chi connectivity index (χ2v) is 4.12. The van der Waals surface area contributed by atoms with Crippen molar-refractivity contribution in [2.45, 2.75) is 12.3 Å². The number of carbonyl (C=O) groups is 1. The molecule has 106 valence electrons. The van der Waals surface area contributed by atoms with Gasteiger partial charge in [-0.1, -0.05) is 0 Å². The minimum absolute atomic E-state index is 0.0965. The van der Waals surface area contributed by atoms with Crippen molar-refractivity contribution in [3.8, 4) is 0 Å². The zero-order valence-corrected chi connectivity index (χ0v) is 10.1. The lowest BCUT2D eigenvalue weighted by Gasteiger charge is -2.34. The van der Waals surface area contributed by atoms with Gasteiger partial charge >= 0.3 is 12.1 Å².